The van der Waals surface area contributed by atoms with Gasteiger partial charge in [-0.1, -0.05) is 24.3 Å². The Bertz CT molecular complexity index is 617. The minimum Gasteiger partial charge on any atom is -0.373 e. The summed E-state index contributed by atoms with van der Waals surface area (Å²) in [6.07, 6.45) is 6.72. The highest BCUT2D eigenvalue weighted by Gasteiger charge is 2.41. The number of benzene rings is 1. The first-order valence-electron chi connectivity index (χ1n) is 9.73. The molecular weight excluding hydrogens is 312 g/mol. The van der Waals surface area contributed by atoms with E-state index in [4.69, 9.17) is 4.74 Å². The minimum absolute atomic E-state index is 0.386. The van der Waals surface area contributed by atoms with Gasteiger partial charge in [0.2, 0.25) is 0 Å². The number of nitrogens with one attached hydrogen (secondary N) is 2. The number of ether oxygens (including phenoxy) is 1. The number of fused-ring (bicyclic) bond motifs is 3. The minimum atomic E-state index is 0.386. The van der Waals surface area contributed by atoms with E-state index in [1.54, 1.807) is 0 Å². The molecule has 5 nitrogen and oxygen atoms in total. The van der Waals surface area contributed by atoms with Gasteiger partial charge >= 0.3 is 0 Å². The van der Waals surface area contributed by atoms with Crippen LogP contribution in [0.2, 0.25) is 0 Å². The van der Waals surface area contributed by atoms with Crippen LogP contribution in [0.4, 0.5) is 0 Å². The molecule has 2 saturated heterocycles. The van der Waals surface area contributed by atoms with Gasteiger partial charge in [-0.05, 0) is 43.2 Å². The third-order valence-corrected chi connectivity index (χ3v) is 5.81. The van der Waals surface area contributed by atoms with Crippen molar-refractivity contribution < 1.29 is 4.74 Å². The first-order valence-corrected chi connectivity index (χ1v) is 9.73. The quantitative estimate of drug-likeness (QED) is 0.488. The Balaban J connectivity index is 1.17. The van der Waals surface area contributed by atoms with E-state index in [0.717, 1.165) is 38.4 Å². The molecule has 0 spiro atoms. The lowest BCUT2D eigenvalue weighted by Crippen LogP contribution is -2.47. The molecule has 2 fully saturated rings. The van der Waals surface area contributed by atoms with Crippen LogP contribution >= 0.6 is 0 Å². The molecule has 3 aliphatic heterocycles. The second-order valence-corrected chi connectivity index (χ2v) is 7.51. The van der Waals surface area contributed by atoms with E-state index in [0.29, 0.717) is 18.2 Å². The highest BCUT2D eigenvalue weighted by molar-refractivity contribution is 5.80. The Morgan fingerprint density at radius 2 is 2.16 bits per heavy atom. The van der Waals surface area contributed by atoms with Crippen LogP contribution in [0, 0.1) is 0 Å². The van der Waals surface area contributed by atoms with E-state index in [2.05, 4.69) is 44.8 Å². The van der Waals surface area contributed by atoms with Crippen molar-refractivity contribution in [2.45, 2.75) is 56.9 Å². The summed E-state index contributed by atoms with van der Waals surface area (Å²) in [6.45, 7) is 4.35. The second kappa shape index (κ2) is 7.75. The molecule has 1 aromatic carbocycles. The Labute approximate surface area is 150 Å². The van der Waals surface area contributed by atoms with E-state index in [1.165, 1.54) is 36.9 Å². The molecule has 3 heterocycles. The van der Waals surface area contributed by atoms with Gasteiger partial charge in [0.25, 0.3) is 0 Å². The summed E-state index contributed by atoms with van der Waals surface area (Å²) in [7, 11) is 1.85. The van der Waals surface area contributed by atoms with Crippen LogP contribution in [-0.4, -0.2) is 55.8 Å². The third kappa shape index (κ3) is 3.98. The lowest BCUT2D eigenvalue weighted by molar-refractivity contribution is 0.0992. The van der Waals surface area contributed by atoms with Gasteiger partial charge in [0, 0.05) is 33.2 Å². The molecular formula is C20H30N4O. The maximum atomic E-state index is 5.91. The SMILES string of the molecule is CN=C(NCCCN1CCc2ccccc2C1)NC1CC2CCC1O2. The molecule has 3 aliphatic rings. The van der Waals surface area contributed by atoms with Gasteiger partial charge in [0.05, 0.1) is 18.2 Å². The van der Waals surface area contributed by atoms with Gasteiger partial charge in [0.15, 0.2) is 5.96 Å². The highest BCUT2D eigenvalue weighted by Crippen LogP contribution is 2.34. The predicted octanol–water partition coefficient (Wildman–Crippen LogP) is 1.92. The number of nitrogens with zero attached hydrogens (tertiary/aromatic N) is 2. The van der Waals surface area contributed by atoms with E-state index in [9.17, 15) is 0 Å². The van der Waals surface area contributed by atoms with E-state index in [-0.39, 0.29) is 0 Å². The largest absolute Gasteiger partial charge is 0.373 e. The summed E-state index contributed by atoms with van der Waals surface area (Å²) in [5, 5.41) is 7.02. The summed E-state index contributed by atoms with van der Waals surface area (Å²) >= 11 is 0. The predicted molar refractivity (Wildman–Crippen MR) is 101 cm³/mol. The molecule has 2 bridgehead atoms. The highest BCUT2D eigenvalue weighted by atomic mass is 16.5. The summed E-state index contributed by atoms with van der Waals surface area (Å²) < 4.78 is 5.91. The number of rotatable bonds is 5. The summed E-state index contributed by atoms with van der Waals surface area (Å²) in [5.41, 5.74) is 3.02. The maximum Gasteiger partial charge on any atom is 0.191 e. The zero-order chi connectivity index (χ0) is 17.1. The van der Waals surface area contributed by atoms with Crippen LogP contribution in [0.25, 0.3) is 0 Å². The fourth-order valence-corrected chi connectivity index (χ4v) is 4.41. The third-order valence-electron chi connectivity index (χ3n) is 5.81. The average molecular weight is 342 g/mol. The smallest absolute Gasteiger partial charge is 0.191 e. The normalized spacial score (nSPS) is 28.8. The van der Waals surface area contributed by atoms with Crippen LogP contribution in [-0.2, 0) is 17.7 Å². The number of guanidine groups is 1. The van der Waals surface area contributed by atoms with Gasteiger partial charge in [-0.2, -0.15) is 0 Å². The summed E-state index contributed by atoms with van der Waals surface area (Å²) in [6, 6.07) is 9.27. The zero-order valence-electron chi connectivity index (χ0n) is 15.2. The van der Waals surface area contributed by atoms with Gasteiger partial charge in [0.1, 0.15) is 0 Å². The number of hydrogen-bond donors (Lipinski definition) is 2. The fourth-order valence-electron chi connectivity index (χ4n) is 4.41. The summed E-state index contributed by atoms with van der Waals surface area (Å²) in [5.74, 6) is 0.921. The lowest BCUT2D eigenvalue weighted by Gasteiger charge is -2.29. The average Bonchev–Trinajstić information content (AvgIpc) is 3.27. The molecule has 3 unspecified atom stereocenters. The molecule has 25 heavy (non-hydrogen) atoms. The maximum absolute atomic E-state index is 5.91. The van der Waals surface area contributed by atoms with E-state index < -0.39 is 0 Å². The van der Waals surface area contributed by atoms with Crippen LogP contribution < -0.4 is 10.6 Å². The molecule has 3 atom stereocenters. The van der Waals surface area contributed by atoms with Crippen LogP contribution in [0.5, 0.6) is 0 Å². The van der Waals surface area contributed by atoms with Gasteiger partial charge < -0.3 is 15.4 Å². The monoisotopic (exact) mass is 342 g/mol. The molecule has 4 rings (SSSR count). The molecule has 5 heteroatoms. The Hall–Kier alpha value is -1.59. The Morgan fingerprint density at radius 3 is 2.92 bits per heavy atom. The van der Waals surface area contributed by atoms with Crippen molar-refractivity contribution >= 4 is 5.96 Å². The molecule has 0 aliphatic carbocycles. The first-order chi connectivity index (χ1) is 12.3. The molecule has 0 radical (unpaired) electrons. The molecule has 136 valence electrons. The number of hydrogen-bond acceptors (Lipinski definition) is 3. The van der Waals surface area contributed by atoms with Crippen molar-refractivity contribution in [1.82, 2.24) is 15.5 Å². The second-order valence-electron chi connectivity index (χ2n) is 7.51. The standard InChI is InChI=1S/C20H30N4O/c1-21-20(23-18-13-17-7-8-19(18)25-17)22-10-4-11-24-12-9-15-5-2-3-6-16(15)14-24/h2-3,5-6,17-19H,4,7-14H2,1H3,(H2,21,22,23). The fraction of sp³-hybridized carbons (Fsp3) is 0.650. The van der Waals surface area contributed by atoms with E-state index >= 15 is 0 Å². The van der Waals surface area contributed by atoms with Gasteiger partial charge in [-0.3, -0.25) is 9.89 Å². The van der Waals surface area contributed by atoms with Crippen molar-refractivity contribution in [3.63, 3.8) is 0 Å². The zero-order valence-corrected chi connectivity index (χ0v) is 15.2. The topological polar surface area (TPSA) is 48.9 Å². The lowest BCUT2D eigenvalue weighted by atomic mass is 9.96. The van der Waals surface area contributed by atoms with E-state index in [1.807, 2.05) is 7.05 Å². The molecule has 2 N–H and O–H groups in total. The number of aliphatic imine (C=N–C) groups is 1. The Kier molecular flexibility index (Phi) is 5.22. The van der Waals surface area contributed by atoms with Crippen molar-refractivity contribution in [3.8, 4) is 0 Å². The van der Waals surface area contributed by atoms with Crippen molar-refractivity contribution in [2.75, 3.05) is 26.7 Å². The van der Waals surface area contributed by atoms with Gasteiger partial charge in [-0.25, -0.2) is 0 Å². The summed E-state index contributed by atoms with van der Waals surface area (Å²) in [4.78, 5) is 6.93. The van der Waals surface area contributed by atoms with Gasteiger partial charge in [-0.15, -0.1) is 0 Å². The van der Waals surface area contributed by atoms with Crippen LogP contribution in [0.1, 0.15) is 36.8 Å². The van der Waals surface area contributed by atoms with Crippen molar-refractivity contribution in [1.29, 1.82) is 0 Å². The molecule has 0 saturated carbocycles. The van der Waals surface area contributed by atoms with Crippen LogP contribution in [0.3, 0.4) is 0 Å². The van der Waals surface area contributed by atoms with Crippen LogP contribution in [0.15, 0.2) is 29.3 Å². The first kappa shape index (κ1) is 16.9. The Morgan fingerprint density at radius 1 is 1.28 bits per heavy atom. The molecule has 0 amide bonds. The molecule has 1 aromatic rings. The molecule has 0 aromatic heterocycles. The van der Waals surface area contributed by atoms with Crippen molar-refractivity contribution in [3.05, 3.63) is 35.4 Å². The van der Waals surface area contributed by atoms with Crippen molar-refractivity contribution in [2.24, 2.45) is 4.99 Å².